The molecule has 3 N–H and O–H groups in total. The fourth-order valence-corrected chi connectivity index (χ4v) is 5.48. The smallest absolute Gasteiger partial charge is 0.253 e. The maximum Gasteiger partial charge on any atom is 0.253 e. The second kappa shape index (κ2) is 10.2. The molecule has 6 rings (SSSR count). The topological polar surface area (TPSA) is 100 Å². The zero-order chi connectivity index (χ0) is 25.2. The van der Waals surface area contributed by atoms with E-state index in [1.54, 1.807) is 6.20 Å². The number of rotatable bonds is 6. The first-order chi connectivity index (χ1) is 18.1. The zero-order valence-corrected chi connectivity index (χ0v) is 20.9. The number of carbonyl (C=O) groups is 1. The molecule has 0 spiro atoms. The molecule has 0 atom stereocenters. The summed E-state index contributed by atoms with van der Waals surface area (Å²) in [6.45, 7) is 4.34. The van der Waals surface area contributed by atoms with Gasteiger partial charge in [0.15, 0.2) is 11.6 Å². The number of amides is 1. The van der Waals surface area contributed by atoms with E-state index in [4.69, 9.17) is 10.5 Å². The molecule has 4 heterocycles. The van der Waals surface area contributed by atoms with Gasteiger partial charge in [-0.2, -0.15) is 0 Å². The molecule has 2 aliphatic rings. The number of benzene rings is 2. The van der Waals surface area contributed by atoms with E-state index < -0.39 is 0 Å². The molecule has 2 aromatic carbocycles. The number of H-pyrrole nitrogens is 1. The first-order valence-electron chi connectivity index (χ1n) is 13.1. The zero-order valence-electron chi connectivity index (χ0n) is 20.9. The number of hydrogen-bond acceptors (Lipinski definition) is 6. The Hall–Kier alpha value is -3.91. The normalized spacial score (nSPS) is 16.9. The Bertz CT molecular complexity index is 1350. The second-order valence-electron chi connectivity index (χ2n) is 9.94. The lowest BCUT2D eigenvalue weighted by Gasteiger charge is -2.36. The number of likely N-dealkylation sites (tertiary alicyclic amines) is 2. The molecule has 0 radical (unpaired) electrons. The van der Waals surface area contributed by atoms with Gasteiger partial charge in [0.05, 0.1) is 11.0 Å². The predicted molar refractivity (Wildman–Crippen MR) is 144 cm³/mol. The number of pyridine rings is 1. The van der Waals surface area contributed by atoms with Crippen molar-refractivity contribution in [2.24, 2.45) is 0 Å². The standard InChI is InChI=1S/C29H32N6O2/c30-28-26(37-19-27-32-24-5-1-2-6-25(24)33-27)17-22(18-31-28)20-7-9-21(10-8-20)29(36)35-15-11-23(12-16-35)34-13-3-4-14-34/h1-2,5-10,17-18,23H,3-4,11-16,19H2,(H2,30,31)(H,32,33). The van der Waals surface area contributed by atoms with E-state index in [2.05, 4.69) is 19.9 Å². The summed E-state index contributed by atoms with van der Waals surface area (Å²) in [5.41, 5.74) is 10.5. The van der Waals surface area contributed by atoms with Gasteiger partial charge < -0.3 is 25.3 Å². The van der Waals surface area contributed by atoms with E-state index in [9.17, 15) is 4.79 Å². The van der Waals surface area contributed by atoms with Crippen molar-refractivity contribution in [1.82, 2.24) is 24.8 Å². The lowest BCUT2D eigenvalue weighted by molar-refractivity contribution is 0.0644. The summed E-state index contributed by atoms with van der Waals surface area (Å²) in [5, 5.41) is 0. The fourth-order valence-electron chi connectivity index (χ4n) is 5.48. The molecule has 190 valence electrons. The molecule has 2 fully saturated rings. The number of para-hydroxylation sites is 2. The van der Waals surface area contributed by atoms with E-state index in [1.165, 1.54) is 25.9 Å². The minimum atomic E-state index is 0.108. The van der Waals surface area contributed by atoms with Gasteiger partial charge in [0.25, 0.3) is 5.91 Å². The second-order valence-corrected chi connectivity index (χ2v) is 9.94. The summed E-state index contributed by atoms with van der Waals surface area (Å²) >= 11 is 0. The summed E-state index contributed by atoms with van der Waals surface area (Å²) in [5.74, 6) is 1.65. The van der Waals surface area contributed by atoms with Crippen LogP contribution in [-0.2, 0) is 6.61 Å². The van der Waals surface area contributed by atoms with Crippen LogP contribution in [-0.4, -0.2) is 62.9 Å². The number of nitrogens with one attached hydrogen (secondary N) is 1. The summed E-state index contributed by atoms with van der Waals surface area (Å²) in [7, 11) is 0. The van der Waals surface area contributed by atoms with Crippen molar-refractivity contribution in [1.29, 1.82) is 0 Å². The van der Waals surface area contributed by atoms with Crippen molar-refractivity contribution in [3.63, 3.8) is 0 Å². The Labute approximate surface area is 216 Å². The minimum Gasteiger partial charge on any atom is -0.482 e. The molecule has 2 aromatic heterocycles. The van der Waals surface area contributed by atoms with Crippen LogP contribution in [0.15, 0.2) is 60.8 Å². The predicted octanol–water partition coefficient (Wildman–Crippen LogP) is 4.49. The van der Waals surface area contributed by atoms with Crippen molar-refractivity contribution >= 4 is 22.8 Å². The first-order valence-corrected chi connectivity index (χ1v) is 13.1. The molecule has 8 heteroatoms. The number of nitrogens with zero attached hydrogens (tertiary/aromatic N) is 4. The number of fused-ring (bicyclic) bond motifs is 1. The summed E-state index contributed by atoms with van der Waals surface area (Å²) in [4.78, 5) is 29.8. The molecule has 2 saturated heterocycles. The number of aromatic nitrogens is 3. The van der Waals surface area contributed by atoms with Crippen LogP contribution in [0.1, 0.15) is 41.9 Å². The first kappa shape index (κ1) is 23.5. The van der Waals surface area contributed by atoms with Crippen LogP contribution >= 0.6 is 0 Å². The number of imidazole rings is 1. The van der Waals surface area contributed by atoms with Crippen molar-refractivity contribution in [2.45, 2.75) is 38.3 Å². The van der Waals surface area contributed by atoms with Crippen LogP contribution in [0.3, 0.4) is 0 Å². The van der Waals surface area contributed by atoms with E-state index >= 15 is 0 Å². The van der Waals surface area contributed by atoms with Gasteiger partial charge in [0.1, 0.15) is 12.4 Å². The molecule has 0 aliphatic carbocycles. The number of hydrogen-bond donors (Lipinski definition) is 2. The minimum absolute atomic E-state index is 0.108. The Kier molecular flexibility index (Phi) is 6.49. The highest BCUT2D eigenvalue weighted by molar-refractivity contribution is 5.94. The van der Waals surface area contributed by atoms with Crippen molar-refractivity contribution in [3.05, 3.63) is 72.2 Å². The van der Waals surface area contributed by atoms with E-state index in [1.807, 2.05) is 59.5 Å². The van der Waals surface area contributed by atoms with Crippen LogP contribution in [0.2, 0.25) is 0 Å². The van der Waals surface area contributed by atoms with Crippen LogP contribution in [0, 0.1) is 0 Å². The Balaban J connectivity index is 1.10. The van der Waals surface area contributed by atoms with Crippen molar-refractivity contribution in [3.8, 4) is 16.9 Å². The SMILES string of the molecule is Nc1ncc(-c2ccc(C(=O)N3CCC(N4CCCC4)CC3)cc2)cc1OCc1nc2ccccc2[nH]1. The highest BCUT2D eigenvalue weighted by Crippen LogP contribution is 2.29. The van der Waals surface area contributed by atoms with Gasteiger partial charge in [0.2, 0.25) is 0 Å². The van der Waals surface area contributed by atoms with Gasteiger partial charge in [-0.3, -0.25) is 4.79 Å². The number of nitrogens with two attached hydrogens (primary N) is 1. The largest absolute Gasteiger partial charge is 0.482 e. The van der Waals surface area contributed by atoms with Gasteiger partial charge >= 0.3 is 0 Å². The average Bonchev–Trinajstić information content (AvgIpc) is 3.63. The van der Waals surface area contributed by atoms with Crippen molar-refractivity contribution in [2.75, 3.05) is 31.9 Å². The Morgan fingerprint density at radius 3 is 2.51 bits per heavy atom. The molecule has 0 unspecified atom stereocenters. The van der Waals surface area contributed by atoms with E-state index in [0.717, 1.165) is 53.9 Å². The fraction of sp³-hybridized carbons (Fsp3) is 0.345. The van der Waals surface area contributed by atoms with Crippen LogP contribution in [0.5, 0.6) is 5.75 Å². The molecule has 0 saturated carbocycles. The van der Waals surface area contributed by atoms with Crippen molar-refractivity contribution < 1.29 is 9.53 Å². The lowest BCUT2D eigenvalue weighted by atomic mass is 10.0. The van der Waals surface area contributed by atoms with Crippen LogP contribution in [0.4, 0.5) is 5.82 Å². The van der Waals surface area contributed by atoms with Gasteiger partial charge in [-0.05, 0) is 74.7 Å². The average molecular weight is 497 g/mol. The van der Waals surface area contributed by atoms with Crippen LogP contribution in [0.25, 0.3) is 22.2 Å². The molecular weight excluding hydrogens is 464 g/mol. The third kappa shape index (κ3) is 5.02. The van der Waals surface area contributed by atoms with Gasteiger partial charge in [-0.15, -0.1) is 0 Å². The third-order valence-electron chi connectivity index (χ3n) is 7.56. The quantitative estimate of drug-likeness (QED) is 0.408. The molecule has 0 bridgehead atoms. The summed E-state index contributed by atoms with van der Waals surface area (Å²) in [6, 6.07) is 18.1. The Morgan fingerprint density at radius 2 is 1.76 bits per heavy atom. The maximum absolute atomic E-state index is 13.1. The number of aromatic amines is 1. The monoisotopic (exact) mass is 496 g/mol. The highest BCUT2D eigenvalue weighted by Gasteiger charge is 2.28. The molecule has 2 aliphatic heterocycles. The van der Waals surface area contributed by atoms with E-state index in [-0.39, 0.29) is 12.5 Å². The molecular formula is C29H32N6O2. The highest BCUT2D eigenvalue weighted by atomic mass is 16.5. The molecule has 8 nitrogen and oxygen atoms in total. The number of nitrogen functional groups attached to an aromatic ring is 1. The van der Waals surface area contributed by atoms with Crippen LogP contribution < -0.4 is 10.5 Å². The maximum atomic E-state index is 13.1. The number of carbonyl (C=O) groups excluding carboxylic acids is 1. The van der Waals surface area contributed by atoms with Gasteiger partial charge in [-0.25, -0.2) is 9.97 Å². The van der Waals surface area contributed by atoms with Gasteiger partial charge in [-0.1, -0.05) is 24.3 Å². The summed E-state index contributed by atoms with van der Waals surface area (Å²) < 4.78 is 5.96. The van der Waals surface area contributed by atoms with Gasteiger partial charge in [0, 0.05) is 36.5 Å². The number of anilines is 1. The summed E-state index contributed by atoms with van der Waals surface area (Å²) in [6.07, 6.45) is 6.48. The third-order valence-corrected chi connectivity index (χ3v) is 7.56. The number of piperidine rings is 1. The molecule has 37 heavy (non-hydrogen) atoms. The molecule has 1 amide bonds. The van der Waals surface area contributed by atoms with E-state index in [0.29, 0.717) is 23.2 Å². The molecule has 4 aromatic rings. The number of ether oxygens (including phenoxy) is 1. The Morgan fingerprint density at radius 1 is 1.00 bits per heavy atom. The lowest BCUT2D eigenvalue weighted by Crippen LogP contribution is -2.45.